The van der Waals surface area contributed by atoms with Crippen LogP contribution in [0.3, 0.4) is 0 Å². The van der Waals surface area contributed by atoms with Crippen LogP contribution in [0.2, 0.25) is 0 Å². The van der Waals surface area contributed by atoms with Crippen molar-refractivity contribution in [2.24, 2.45) is 0 Å². The van der Waals surface area contributed by atoms with Crippen molar-refractivity contribution >= 4 is 11.8 Å². The number of nitrogens with one attached hydrogen (secondary N) is 2. The molecule has 0 unspecified atom stereocenters. The van der Waals surface area contributed by atoms with Crippen LogP contribution in [0, 0.1) is 6.92 Å². The first kappa shape index (κ1) is 14.3. The van der Waals surface area contributed by atoms with E-state index in [0.717, 1.165) is 6.04 Å². The van der Waals surface area contributed by atoms with Gasteiger partial charge in [-0.3, -0.25) is 10.2 Å². The normalized spacial score (nSPS) is 22.8. The number of rotatable bonds is 4. The minimum Gasteiger partial charge on any atom is -0.336 e. The SMILES string of the molecule is Cc1nccc(NC(=O)NC[C@H]2CCCCN2C2CC2)n1. The topological polar surface area (TPSA) is 70.2 Å². The van der Waals surface area contributed by atoms with Crippen molar-refractivity contribution in [3.63, 3.8) is 0 Å². The first-order chi connectivity index (χ1) is 10.2. The van der Waals surface area contributed by atoms with Crippen molar-refractivity contribution in [2.45, 2.75) is 51.1 Å². The molecule has 1 saturated heterocycles. The molecule has 2 aliphatic rings. The predicted molar refractivity (Wildman–Crippen MR) is 81.2 cm³/mol. The average Bonchev–Trinajstić information content (AvgIpc) is 3.30. The Kier molecular flexibility index (Phi) is 4.34. The van der Waals surface area contributed by atoms with Gasteiger partial charge in [0.15, 0.2) is 0 Å². The van der Waals surface area contributed by atoms with Crippen LogP contribution in [-0.4, -0.2) is 46.1 Å². The lowest BCUT2D eigenvalue weighted by atomic mass is 10.0. The van der Waals surface area contributed by atoms with E-state index in [1.54, 1.807) is 19.2 Å². The number of piperidine rings is 1. The summed E-state index contributed by atoms with van der Waals surface area (Å²) in [7, 11) is 0. The summed E-state index contributed by atoms with van der Waals surface area (Å²) in [5.74, 6) is 1.20. The van der Waals surface area contributed by atoms with Gasteiger partial charge in [0.2, 0.25) is 0 Å². The summed E-state index contributed by atoms with van der Waals surface area (Å²) in [6.07, 6.45) is 8.03. The molecule has 6 heteroatoms. The second-order valence-electron chi connectivity index (χ2n) is 5.94. The molecule has 0 radical (unpaired) electrons. The second-order valence-corrected chi connectivity index (χ2v) is 5.94. The van der Waals surface area contributed by atoms with Crippen LogP contribution in [0.4, 0.5) is 10.6 Å². The lowest BCUT2D eigenvalue weighted by Crippen LogP contribution is -2.48. The lowest BCUT2D eigenvalue weighted by molar-refractivity contribution is 0.138. The largest absolute Gasteiger partial charge is 0.336 e. The maximum Gasteiger partial charge on any atom is 0.320 e. The second kappa shape index (κ2) is 6.39. The Morgan fingerprint density at radius 2 is 2.24 bits per heavy atom. The summed E-state index contributed by atoms with van der Waals surface area (Å²) in [4.78, 5) is 22.7. The van der Waals surface area contributed by atoms with Crippen molar-refractivity contribution in [1.82, 2.24) is 20.2 Å². The minimum absolute atomic E-state index is 0.186. The monoisotopic (exact) mass is 289 g/mol. The number of carbonyl (C=O) groups excluding carboxylic acids is 1. The van der Waals surface area contributed by atoms with E-state index in [4.69, 9.17) is 0 Å². The first-order valence-corrected chi connectivity index (χ1v) is 7.82. The number of aromatic nitrogens is 2. The zero-order valence-corrected chi connectivity index (χ0v) is 12.5. The molecule has 114 valence electrons. The van der Waals surface area contributed by atoms with Crippen LogP contribution in [0.25, 0.3) is 0 Å². The molecular formula is C15H23N5O. The van der Waals surface area contributed by atoms with Gasteiger partial charge in [-0.15, -0.1) is 0 Å². The highest BCUT2D eigenvalue weighted by atomic mass is 16.2. The third-order valence-corrected chi connectivity index (χ3v) is 4.20. The maximum absolute atomic E-state index is 12.0. The number of hydrogen-bond acceptors (Lipinski definition) is 4. The fraction of sp³-hybridized carbons (Fsp3) is 0.667. The van der Waals surface area contributed by atoms with Gasteiger partial charge in [0.05, 0.1) is 0 Å². The molecule has 1 aromatic heterocycles. The van der Waals surface area contributed by atoms with E-state index in [-0.39, 0.29) is 6.03 Å². The van der Waals surface area contributed by atoms with Gasteiger partial charge in [0.1, 0.15) is 11.6 Å². The number of carbonyl (C=O) groups is 1. The van der Waals surface area contributed by atoms with Crippen LogP contribution < -0.4 is 10.6 Å². The fourth-order valence-corrected chi connectivity index (χ4v) is 3.03. The molecule has 21 heavy (non-hydrogen) atoms. The Morgan fingerprint density at radius 1 is 1.38 bits per heavy atom. The lowest BCUT2D eigenvalue weighted by Gasteiger charge is -2.35. The molecular weight excluding hydrogens is 266 g/mol. The third-order valence-electron chi connectivity index (χ3n) is 4.20. The summed E-state index contributed by atoms with van der Waals surface area (Å²) in [5, 5.41) is 5.74. The van der Waals surface area contributed by atoms with Crippen molar-refractivity contribution in [3.8, 4) is 0 Å². The molecule has 2 fully saturated rings. The minimum atomic E-state index is -0.186. The highest BCUT2D eigenvalue weighted by molar-refractivity contribution is 5.88. The van der Waals surface area contributed by atoms with Gasteiger partial charge in [-0.2, -0.15) is 0 Å². The van der Waals surface area contributed by atoms with Crippen LogP contribution in [-0.2, 0) is 0 Å². The molecule has 6 nitrogen and oxygen atoms in total. The Hall–Kier alpha value is -1.69. The zero-order valence-electron chi connectivity index (χ0n) is 12.5. The van der Waals surface area contributed by atoms with E-state index in [0.29, 0.717) is 24.2 Å². The van der Waals surface area contributed by atoms with Gasteiger partial charge < -0.3 is 5.32 Å². The highest BCUT2D eigenvalue weighted by Crippen LogP contribution is 2.32. The average molecular weight is 289 g/mol. The van der Waals surface area contributed by atoms with Crippen molar-refractivity contribution in [3.05, 3.63) is 18.1 Å². The van der Waals surface area contributed by atoms with E-state index < -0.39 is 0 Å². The van der Waals surface area contributed by atoms with Crippen molar-refractivity contribution in [2.75, 3.05) is 18.4 Å². The Balaban J connectivity index is 1.48. The van der Waals surface area contributed by atoms with Crippen molar-refractivity contribution in [1.29, 1.82) is 0 Å². The van der Waals surface area contributed by atoms with E-state index in [2.05, 4.69) is 25.5 Å². The number of nitrogens with zero attached hydrogens (tertiary/aromatic N) is 3. The van der Waals surface area contributed by atoms with Crippen LogP contribution in [0.1, 0.15) is 37.9 Å². The molecule has 1 saturated carbocycles. The Labute approximate surface area is 125 Å². The zero-order chi connectivity index (χ0) is 14.7. The molecule has 1 aliphatic heterocycles. The summed E-state index contributed by atoms with van der Waals surface area (Å²) in [6.45, 7) is 3.70. The van der Waals surface area contributed by atoms with Gasteiger partial charge in [-0.25, -0.2) is 14.8 Å². The van der Waals surface area contributed by atoms with Crippen LogP contribution in [0.15, 0.2) is 12.3 Å². The summed E-state index contributed by atoms with van der Waals surface area (Å²) in [6, 6.07) is 2.77. The predicted octanol–water partition coefficient (Wildman–Crippen LogP) is 1.92. The molecule has 1 atom stereocenters. The molecule has 0 spiro atoms. The maximum atomic E-state index is 12.0. The van der Waals surface area contributed by atoms with E-state index in [1.165, 1.54) is 38.6 Å². The van der Waals surface area contributed by atoms with Gasteiger partial charge in [0, 0.05) is 24.8 Å². The quantitative estimate of drug-likeness (QED) is 0.888. The summed E-state index contributed by atoms with van der Waals surface area (Å²) < 4.78 is 0. The molecule has 2 heterocycles. The first-order valence-electron chi connectivity index (χ1n) is 7.82. The number of amides is 2. The molecule has 2 N–H and O–H groups in total. The Morgan fingerprint density at radius 3 is 3.00 bits per heavy atom. The molecule has 2 amide bonds. The van der Waals surface area contributed by atoms with E-state index >= 15 is 0 Å². The van der Waals surface area contributed by atoms with Crippen LogP contribution in [0.5, 0.6) is 0 Å². The van der Waals surface area contributed by atoms with Crippen molar-refractivity contribution < 1.29 is 4.79 Å². The smallest absolute Gasteiger partial charge is 0.320 e. The molecule has 1 aliphatic carbocycles. The molecule has 3 rings (SSSR count). The summed E-state index contributed by atoms with van der Waals surface area (Å²) in [5.41, 5.74) is 0. The number of urea groups is 1. The molecule has 0 aromatic carbocycles. The van der Waals surface area contributed by atoms with Gasteiger partial charge in [-0.05, 0) is 45.2 Å². The van der Waals surface area contributed by atoms with Gasteiger partial charge in [0.25, 0.3) is 0 Å². The standard InChI is InChI=1S/C15H23N5O/c1-11-16-8-7-14(18-11)19-15(21)17-10-13-4-2-3-9-20(13)12-5-6-12/h7-8,12-13H,2-6,9-10H2,1H3,(H2,16,17,18,19,21)/t13-/m1/s1. The Bertz CT molecular complexity index is 503. The number of aryl methyl sites for hydroxylation is 1. The van der Waals surface area contributed by atoms with E-state index in [9.17, 15) is 4.79 Å². The number of anilines is 1. The van der Waals surface area contributed by atoms with Gasteiger partial charge in [-0.1, -0.05) is 6.42 Å². The number of likely N-dealkylation sites (tertiary alicyclic amines) is 1. The summed E-state index contributed by atoms with van der Waals surface area (Å²) >= 11 is 0. The molecule has 0 bridgehead atoms. The van der Waals surface area contributed by atoms with Crippen LogP contribution >= 0.6 is 0 Å². The fourth-order valence-electron chi connectivity index (χ4n) is 3.03. The van der Waals surface area contributed by atoms with E-state index in [1.807, 2.05) is 0 Å². The number of hydrogen-bond donors (Lipinski definition) is 2. The van der Waals surface area contributed by atoms with Gasteiger partial charge >= 0.3 is 6.03 Å². The third kappa shape index (κ3) is 3.91. The molecule has 1 aromatic rings. The highest BCUT2D eigenvalue weighted by Gasteiger charge is 2.35.